The number of likely N-dealkylation sites (tertiary alicyclic amines) is 1. The third-order valence-corrected chi connectivity index (χ3v) is 4.46. The van der Waals surface area contributed by atoms with Crippen LogP contribution in [0.15, 0.2) is 0 Å². The van der Waals surface area contributed by atoms with E-state index in [0.717, 1.165) is 44.0 Å². The first-order chi connectivity index (χ1) is 10.3. The molecule has 1 aliphatic rings. The van der Waals surface area contributed by atoms with Crippen LogP contribution in [0.1, 0.15) is 57.0 Å². The number of rotatable bonds is 8. The maximum Gasteiger partial charge on any atom is 0.151 e. The Morgan fingerprint density at radius 2 is 2.00 bits per heavy atom. The molecule has 0 amide bonds. The van der Waals surface area contributed by atoms with Crippen molar-refractivity contribution in [2.45, 2.75) is 58.4 Å². The van der Waals surface area contributed by atoms with E-state index in [2.05, 4.69) is 27.1 Å². The number of aromatic amines is 1. The molecule has 0 saturated carbocycles. The summed E-state index contributed by atoms with van der Waals surface area (Å²) in [5, 5.41) is 4.11. The van der Waals surface area contributed by atoms with Crippen molar-refractivity contribution in [1.29, 1.82) is 0 Å². The smallest absolute Gasteiger partial charge is 0.151 e. The molecule has 2 N–H and O–H groups in total. The van der Waals surface area contributed by atoms with Gasteiger partial charge in [-0.3, -0.25) is 0 Å². The molecule has 1 saturated heterocycles. The van der Waals surface area contributed by atoms with Gasteiger partial charge >= 0.3 is 0 Å². The number of imidazole rings is 1. The highest BCUT2D eigenvalue weighted by Crippen LogP contribution is 2.14. The lowest BCUT2D eigenvalue weighted by Crippen LogP contribution is -2.32. The van der Waals surface area contributed by atoms with Gasteiger partial charge in [-0.05, 0) is 32.4 Å². The van der Waals surface area contributed by atoms with Crippen molar-refractivity contribution >= 4 is 11.6 Å². The van der Waals surface area contributed by atoms with Crippen LogP contribution < -0.4 is 5.32 Å². The van der Waals surface area contributed by atoms with E-state index in [9.17, 15) is 0 Å². The summed E-state index contributed by atoms with van der Waals surface area (Å²) in [7, 11) is 0. The summed E-state index contributed by atoms with van der Waals surface area (Å²) in [6, 6.07) is 0. The van der Waals surface area contributed by atoms with Crippen LogP contribution in [0.5, 0.6) is 0 Å². The van der Waals surface area contributed by atoms with Crippen LogP contribution >= 0.6 is 11.6 Å². The van der Waals surface area contributed by atoms with Crippen molar-refractivity contribution < 1.29 is 0 Å². The number of H-pyrrole nitrogens is 1. The van der Waals surface area contributed by atoms with Crippen LogP contribution in [0, 0.1) is 0 Å². The zero-order valence-electron chi connectivity index (χ0n) is 13.3. The van der Waals surface area contributed by atoms with Crippen LogP contribution in [0.4, 0.5) is 0 Å². The molecule has 0 aromatic carbocycles. The molecule has 2 rings (SSSR count). The highest BCUT2D eigenvalue weighted by molar-refractivity contribution is 6.30. The fraction of sp³-hybridized carbons (Fsp3) is 0.812. The highest BCUT2D eigenvalue weighted by atomic mass is 35.5. The molecular weight excluding hydrogens is 284 g/mol. The molecule has 0 unspecified atom stereocenters. The Kier molecular flexibility index (Phi) is 7.54. The van der Waals surface area contributed by atoms with Gasteiger partial charge in [-0.15, -0.1) is 0 Å². The second-order valence-electron chi connectivity index (χ2n) is 5.99. The molecule has 1 aromatic rings. The molecule has 0 bridgehead atoms. The zero-order valence-corrected chi connectivity index (χ0v) is 14.0. The molecule has 1 aliphatic heterocycles. The molecular formula is C16H29ClN4. The molecule has 5 heteroatoms. The van der Waals surface area contributed by atoms with E-state index in [1.807, 2.05) is 0 Å². The Morgan fingerprint density at radius 3 is 2.71 bits per heavy atom. The van der Waals surface area contributed by atoms with E-state index in [-0.39, 0.29) is 0 Å². The summed E-state index contributed by atoms with van der Waals surface area (Å²) in [5.41, 5.74) is 1.03. The van der Waals surface area contributed by atoms with Gasteiger partial charge in [0.1, 0.15) is 5.82 Å². The standard InChI is InChI=1S/C16H29ClN4/c1-2-3-8-15-19-14(16(17)20-15)13-18-9-12-21-10-6-4-5-7-11-21/h18H,2-13H2,1H3,(H,19,20). The summed E-state index contributed by atoms with van der Waals surface area (Å²) in [5.74, 6) is 1.02. The van der Waals surface area contributed by atoms with E-state index in [4.69, 9.17) is 11.6 Å². The number of unbranched alkanes of at least 4 members (excludes halogenated alkanes) is 1. The van der Waals surface area contributed by atoms with Gasteiger partial charge in [-0.25, -0.2) is 4.98 Å². The van der Waals surface area contributed by atoms with Crippen LogP contribution in [-0.2, 0) is 13.0 Å². The molecule has 2 heterocycles. The predicted octanol–water partition coefficient (Wildman–Crippen LogP) is 3.37. The van der Waals surface area contributed by atoms with Gasteiger partial charge < -0.3 is 15.2 Å². The molecule has 0 aliphatic carbocycles. The van der Waals surface area contributed by atoms with Crippen LogP contribution in [-0.4, -0.2) is 41.0 Å². The van der Waals surface area contributed by atoms with Gasteiger partial charge in [0.05, 0.1) is 5.69 Å². The molecule has 21 heavy (non-hydrogen) atoms. The van der Waals surface area contributed by atoms with Gasteiger partial charge in [-0.2, -0.15) is 0 Å². The molecule has 0 spiro atoms. The monoisotopic (exact) mass is 312 g/mol. The first kappa shape index (κ1) is 16.8. The predicted molar refractivity (Wildman–Crippen MR) is 88.8 cm³/mol. The number of aromatic nitrogens is 2. The summed E-state index contributed by atoms with van der Waals surface area (Å²) < 4.78 is 0. The van der Waals surface area contributed by atoms with E-state index in [0.29, 0.717) is 5.15 Å². The van der Waals surface area contributed by atoms with Crippen LogP contribution in [0.2, 0.25) is 5.15 Å². The largest absolute Gasteiger partial charge is 0.344 e. The number of nitrogens with one attached hydrogen (secondary N) is 2. The Balaban J connectivity index is 1.66. The third kappa shape index (κ3) is 5.97. The van der Waals surface area contributed by atoms with Gasteiger partial charge in [0.25, 0.3) is 0 Å². The number of aryl methyl sites for hydroxylation is 1. The maximum absolute atomic E-state index is 6.18. The lowest BCUT2D eigenvalue weighted by molar-refractivity contribution is 0.284. The molecule has 0 radical (unpaired) electrons. The number of halogens is 1. The molecule has 1 aromatic heterocycles. The number of hydrogen-bond acceptors (Lipinski definition) is 3. The maximum atomic E-state index is 6.18. The fourth-order valence-corrected chi connectivity index (χ4v) is 3.05. The molecule has 1 fully saturated rings. The Bertz CT molecular complexity index is 397. The zero-order chi connectivity index (χ0) is 14.9. The topological polar surface area (TPSA) is 44.0 Å². The van der Waals surface area contributed by atoms with Gasteiger partial charge in [-0.1, -0.05) is 37.8 Å². The van der Waals surface area contributed by atoms with E-state index >= 15 is 0 Å². The van der Waals surface area contributed by atoms with Crippen molar-refractivity contribution in [2.75, 3.05) is 26.2 Å². The number of nitrogens with zero attached hydrogens (tertiary/aromatic N) is 2. The van der Waals surface area contributed by atoms with Crippen molar-refractivity contribution in [2.24, 2.45) is 0 Å². The van der Waals surface area contributed by atoms with Crippen LogP contribution in [0.25, 0.3) is 0 Å². The molecule has 120 valence electrons. The van der Waals surface area contributed by atoms with E-state index in [1.165, 1.54) is 45.2 Å². The summed E-state index contributed by atoms with van der Waals surface area (Å²) in [6.45, 7) is 7.64. The SMILES string of the molecule is CCCCc1nc(Cl)c(CNCCN2CCCCCC2)[nH]1. The van der Waals surface area contributed by atoms with E-state index in [1.54, 1.807) is 0 Å². The summed E-state index contributed by atoms with van der Waals surface area (Å²) >= 11 is 6.18. The number of hydrogen-bond donors (Lipinski definition) is 2. The van der Waals surface area contributed by atoms with Crippen molar-refractivity contribution in [1.82, 2.24) is 20.2 Å². The first-order valence-corrected chi connectivity index (χ1v) is 8.83. The first-order valence-electron chi connectivity index (χ1n) is 8.46. The molecule has 4 nitrogen and oxygen atoms in total. The second kappa shape index (κ2) is 9.44. The van der Waals surface area contributed by atoms with Crippen molar-refractivity contribution in [3.05, 3.63) is 16.7 Å². The van der Waals surface area contributed by atoms with E-state index < -0.39 is 0 Å². The lowest BCUT2D eigenvalue weighted by Gasteiger charge is -2.19. The Morgan fingerprint density at radius 1 is 1.24 bits per heavy atom. The average molecular weight is 313 g/mol. The second-order valence-corrected chi connectivity index (χ2v) is 6.35. The minimum absolute atomic E-state index is 0.628. The minimum atomic E-state index is 0.628. The van der Waals surface area contributed by atoms with Crippen molar-refractivity contribution in [3.8, 4) is 0 Å². The lowest BCUT2D eigenvalue weighted by atomic mass is 10.2. The fourth-order valence-electron chi connectivity index (χ4n) is 2.83. The minimum Gasteiger partial charge on any atom is -0.344 e. The van der Waals surface area contributed by atoms with Gasteiger partial charge in [0.15, 0.2) is 5.15 Å². The van der Waals surface area contributed by atoms with Crippen LogP contribution in [0.3, 0.4) is 0 Å². The Hall–Kier alpha value is -0.580. The van der Waals surface area contributed by atoms with Gasteiger partial charge in [0, 0.05) is 26.1 Å². The van der Waals surface area contributed by atoms with Crippen molar-refractivity contribution in [3.63, 3.8) is 0 Å². The highest BCUT2D eigenvalue weighted by Gasteiger charge is 2.10. The molecule has 0 atom stereocenters. The summed E-state index contributed by atoms with van der Waals surface area (Å²) in [4.78, 5) is 10.3. The normalized spacial score (nSPS) is 17.0. The van der Waals surface area contributed by atoms with Gasteiger partial charge in [0.2, 0.25) is 0 Å². The summed E-state index contributed by atoms with van der Waals surface area (Å²) in [6.07, 6.45) is 8.83. The average Bonchev–Trinajstić information content (AvgIpc) is 2.68. The Labute approximate surface area is 133 Å². The quantitative estimate of drug-likeness (QED) is 0.723. The third-order valence-electron chi connectivity index (χ3n) is 4.15.